The number of hydrogen-bond donors (Lipinski definition) is 0. The molecule has 102 valence electrons. The second kappa shape index (κ2) is 6.97. The van der Waals surface area contributed by atoms with Gasteiger partial charge in [-0.3, -0.25) is 0 Å². The van der Waals surface area contributed by atoms with Gasteiger partial charge in [-0.25, -0.2) is 0 Å². The zero-order valence-corrected chi connectivity index (χ0v) is 15.6. The van der Waals surface area contributed by atoms with E-state index in [0.717, 1.165) is 0 Å². The predicted molar refractivity (Wildman–Crippen MR) is 82.8 cm³/mol. The van der Waals surface area contributed by atoms with Crippen molar-refractivity contribution >= 4 is 128 Å². The van der Waals surface area contributed by atoms with Gasteiger partial charge in [0.1, 0.15) is 5.38 Å². The fourth-order valence-electron chi connectivity index (χ4n) is 0.624. The molecule has 0 bridgehead atoms. The minimum Gasteiger partial charge on any atom is -0.116 e. The third-order valence-corrected chi connectivity index (χ3v) is 7.83. The molecule has 1 atom stereocenters. The smallest absolute Gasteiger partial charge is 0.116 e. The van der Waals surface area contributed by atoms with E-state index in [4.69, 9.17) is 128 Å². The zero-order chi connectivity index (χ0) is 14.2. The first kappa shape index (κ1) is 20.2. The van der Waals surface area contributed by atoms with Crippen LogP contribution in [0.4, 0.5) is 0 Å². The Morgan fingerprint density at radius 1 is 0.765 bits per heavy atom. The molecule has 0 nitrogen and oxygen atoms in total. The van der Waals surface area contributed by atoms with Crippen LogP contribution in [-0.2, 0) is 0 Å². The van der Waals surface area contributed by atoms with E-state index in [1.807, 2.05) is 0 Å². The molecule has 0 amide bonds. The molecular formula is C6HCl11. The van der Waals surface area contributed by atoms with Crippen LogP contribution in [-0.4, -0.2) is 18.4 Å². The number of halogens is 11. The molecule has 2 radical (unpaired) electrons. The molecule has 0 aliphatic heterocycles. The number of alkyl halides is 7. The summed E-state index contributed by atoms with van der Waals surface area (Å²) in [6.07, 6.45) is 0. The Morgan fingerprint density at radius 3 is 1.35 bits per heavy atom. The second-order valence-electron chi connectivity index (χ2n) is 2.68. The van der Waals surface area contributed by atoms with E-state index in [1.54, 1.807) is 0 Å². The Morgan fingerprint density at radius 2 is 1.12 bits per heavy atom. The van der Waals surface area contributed by atoms with Gasteiger partial charge in [-0.15, -0.1) is 11.6 Å². The van der Waals surface area contributed by atoms with E-state index < -0.39 is 28.0 Å². The predicted octanol–water partition coefficient (Wildman–Crippen LogP) is 7.05. The summed E-state index contributed by atoms with van der Waals surface area (Å²) in [7, 11) is 0. The fraction of sp³-hybridized carbons (Fsp3) is 0.667. The van der Waals surface area contributed by atoms with Crippen LogP contribution in [0.25, 0.3) is 0 Å². The normalized spacial score (nSPS) is 16.8. The highest BCUT2D eigenvalue weighted by Gasteiger charge is 2.66. The molecule has 0 spiro atoms. The van der Waals surface area contributed by atoms with Gasteiger partial charge in [-0.1, -0.05) is 116 Å². The molecule has 0 rings (SSSR count). The van der Waals surface area contributed by atoms with Gasteiger partial charge in [0, 0.05) is 0 Å². The van der Waals surface area contributed by atoms with E-state index in [9.17, 15) is 0 Å². The van der Waals surface area contributed by atoms with Crippen molar-refractivity contribution in [3.05, 3.63) is 9.67 Å². The molecule has 0 aliphatic carbocycles. The molecule has 0 saturated heterocycles. The van der Waals surface area contributed by atoms with Crippen molar-refractivity contribution in [3.63, 3.8) is 0 Å². The SMILES string of the molecule is Cl[C](Cl)C(Cl)C(Cl)(Cl)C(Cl)(Cl)C(Cl)(Cl)[C](Cl)Cl. The van der Waals surface area contributed by atoms with Crippen molar-refractivity contribution in [2.75, 3.05) is 0 Å². The summed E-state index contributed by atoms with van der Waals surface area (Å²) in [6.45, 7) is 0. The third-order valence-electron chi connectivity index (χ3n) is 1.56. The van der Waals surface area contributed by atoms with E-state index in [-0.39, 0.29) is 0 Å². The van der Waals surface area contributed by atoms with Gasteiger partial charge in [-0.2, -0.15) is 0 Å². The van der Waals surface area contributed by atoms with Crippen LogP contribution >= 0.6 is 128 Å². The van der Waals surface area contributed by atoms with E-state index >= 15 is 0 Å². The van der Waals surface area contributed by atoms with Crippen molar-refractivity contribution in [3.8, 4) is 0 Å². The lowest BCUT2D eigenvalue weighted by Crippen LogP contribution is -2.55. The molecule has 0 aliphatic rings. The minimum atomic E-state index is -2.30. The number of hydrogen-bond acceptors (Lipinski definition) is 0. The molecule has 0 aromatic heterocycles. The average molecular weight is 463 g/mol. The largest absolute Gasteiger partial charge is 0.189 e. The topological polar surface area (TPSA) is 0 Å². The Bertz CT molecular complexity index is 257. The molecule has 0 fully saturated rings. The van der Waals surface area contributed by atoms with E-state index in [2.05, 4.69) is 0 Å². The summed E-state index contributed by atoms with van der Waals surface area (Å²) in [5.41, 5.74) is 0. The van der Waals surface area contributed by atoms with Gasteiger partial charge in [-0.05, 0) is 0 Å². The van der Waals surface area contributed by atoms with E-state index in [0.29, 0.717) is 0 Å². The maximum atomic E-state index is 5.89. The lowest BCUT2D eigenvalue weighted by atomic mass is 10.1. The van der Waals surface area contributed by atoms with Crippen molar-refractivity contribution in [2.45, 2.75) is 18.4 Å². The Labute approximate surface area is 154 Å². The molecule has 11 heteroatoms. The van der Waals surface area contributed by atoms with Crippen LogP contribution in [0.15, 0.2) is 0 Å². The van der Waals surface area contributed by atoms with Crippen molar-refractivity contribution in [1.29, 1.82) is 0 Å². The lowest BCUT2D eigenvalue weighted by Gasteiger charge is -2.43. The molecule has 17 heavy (non-hydrogen) atoms. The third kappa shape index (κ3) is 4.10. The minimum absolute atomic E-state index is 0.392. The quantitative estimate of drug-likeness (QED) is 0.384. The Hall–Kier alpha value is 3.19. The summed E-state index contributed by atoms with van der Waals surface area (Å²) in [5, 5.41) is -1.38. The Kier molecular flexibility index (Phi) is 8.27. The van der Waals surface area contributed by atoms with Gasteiger partial charge in [0.05, 0.1) is 0 Å². The molecule has 0 heterocycles. The molecule has 0 aromatic carbocycles. The van der Waals surface area contributed by atoms with Crippen molar-refractivity contribution < 1.29 is 0 Å². The summed E-state index contributed by atoms with van der Waals surface area (Å²) in [4.78, 5) is -0.969. The molecule has 0 saturated carbocycles. The van der Waals surface area contributed by atoms with Crippen LogP contribution in [0, 0.1) is 9.67 Å². The van der Waals surface area contributed by atoms with Crippen LogP contribution in [0.3, 0.4) is 0 Å². The highest BCUT2D eigenvalue weighted by atomic mass is 35.6. The van der Waals surface area contributed by atoms with Crippen molar-refractivity contribution in [1.82, 2.24) is 0 Å². The molecule has 1 unspecified atom stereocenters. The lowest BCUT2D eigenvalue weighted by molar-refractivity contribution is 0.620. The van der Waals surface area contributed by atoms with Gasteiger partial charge in [0.15, 0.2) is 22.7 Å². The maximum Gasteiger partial charge on any atom is 0.189 e. The summed E-state index contributed by atoms with van der Waals surface area (Å²) in [5.74, 6) is 0. The van der Waals surface area contributed by atoms with Crippen LogP contribution in [0.2, 0.25) is 0 Å². The summed E-state index contributed by atoms with van der Waals surface area (Å²) < 4.78 is -6.68. The van der Waals surface area contributed by atoms with Gasteiger partial charge in [0.25, 0.3) is 0 Å². The fourth-order valence-corrected chi connectivity index (χ4v) is 3.33. The first-order valence-corrected chi connectivity index (χ1v) is 7.65. The van der Waals surface area contributed by atoms with Crippen LogP contribution in [0.1, 0.15) is 0 Å². The standard InChI is InChI=1S/C6HCl11/c7-1(2(8)9)4(12,13)6(16,17)5(14,15)3(10)11/h1H. The molecule has 0 aromatic rings. The second-order valence-corrected chi connectivity index (χ2v) is 9.12. The average Bonchev–Trinajstić information content (AvgIpc) is 2.15. The summed E-state index contributed by atoms with van der Waals surface area (Å²) >= 11 is 62.7. The monoisotopic (exact) mass is 458 g/mol. The highest BCUT2D eigenvalue weighted by molar-refractivity contribution is 6.76. The zero-order valence-electron chi connectivity index (χ0n) is 7.23. The van der Waals surface area contributed by atoms with Crippen LogP contribution < -0.4 is 0 Å². The maximum absolute atomic E-state index is 5.89. The van der Waals surface area contributed by atoms with E-state index in [1.165, 1.54) is 0 Å². The van der Waals surface area contributed by atoms with Gasteiger partial charge in [0.2, 0.25) is 0 Å². The first-order chi connectivity index (χ1) is 7.30. The molecular weight excluding hydrogens is 462 g/mol. The Balaban J connectivity index is 5.44. The molecule has 0 N–H and O–H groups in total. The van der Waals surface area contributed by atoms with Crippen molar-refractivity contribution in [2.24, 2.45) is 0 Å². The first-order valence-electron chi connectivity index (χ1n) is 3.44. The summed E-state index contributed by atoms with van der Waals surface area (Å²) in [6, 6.07) is 0. The van der Waals surface area contributed by atoms with Gasteiger partial charge >= 0.3 is 0 Å². The number of rotatable bonds is 5. The van der Waals surface area contributed by atoms with Crippen LogP contribution in [0.5, 0.6) is 0 Å². The highest BCUT2D eigenvalue weighted by Crippen LogP contribution is 2.62. The van der Waals surface area contributed by atoms with Gasteiger partial charge < -0.3 is 0 Å².